The van der Waals surface area contributed by atoms with E-state index in [1.165, 1.54) is 0 Å². The Morgan fingerprint density at radius 1 is 1.63 bits per heavy atom. The normalized spacial score (nSPS) is 24.3. The minimum Gasteiger partial charge on any atom is -0.350 e. The van der Waals surface area contributed by atoms with Gasteiger partial charge in [-0.1, -0.05) is 0 Å². The molecule has 6 heteroatoms. The molecule has 0 saturated heterocycles. The molecule has 1 saturated carbocycles. The van der Waals surface area contributed by atoms with Gasteiger partial charge in [-0.3, -0.25) is 4.79 Å². The molecule has 1 amide bonds. The molecule has 1 heterocycles. The fourth-order valence-corrected chi connectivity index (χ4v) is 3.09. The largest absolute Gasteiger partial charge is 0.350 e. The first-order valence-corrected chi connectivity index (χ1v) is 8.14. The zero-order valence-corrected chi connectivity index (χ0v) is 12.1. The van der Waals surface area contributed by atoms with Gasteiger partial charge in [-0.25, -0.2) is 4.98 Å². The molecule has 1 aromatic heterocycles. The molecule has 0 aromatic carbocycles. The Hall–Kier alpha value is -1.01. The molecule has 0 bridgehead atoms. The maximum Gasteiger partial charge on any atom is 0.237 e. The van der Waals surface area contributed by atoms with E-state index in [-0.39, 0.29) is 11.9 Å². The Morgan fingerprint density at radius 3 is 3.16 bits per heavy atom. The summed E-state index contributed by atoms with van der Waals surface area (Å²) in [5.74, 6) is 0.899. The van der Waals surface area contributed by atoms with Crippen molar-refractivity contribution < 1.29 is 4.79 Å². The molecule has 1 aromatic rings. The number of thioether (sulfide) groups is 1. The maximum atomic E-state index is 12.0. The lowest BCUT2D eigenvalue weighted by atomic mass is 10.1. The highest BCUT2D eigenvalue weighted by Gasteiger charge is 2.30. The van der Waals surface area contributed by atoms with Crippen molar-refractivity contribution in [3.05, 3.63) is 18.7 Å². The number of carbonyl (C=O) groups is 1. The first-order chi connectivity index (χ1) is 9.22. The summed E-state index contributed by atoms with van der Waals surface area (Å²) in [6.07, 6.45) is 11.6. The molecule has 2 rings (SSSR count). The lowest BCUT2D eigenvalue weighted by molar-refractivity contribution is -0.123. The van der Waals surface area contributed by atoms with Gasteiger partial charge in [0.25, 0.3) is 0 Å². The van der Waals surface area contributed by atoms with E-state index in [2.05, 4.69) is 14.9 Å². The Bertz CT molecular complexity index is 395. The van der Waals surface area contributed by atoms with Crippen molar-refractivity contribution in [3.8, 4) is 0 Å². The first-order valence-electron chi connectivity index (χ1n) is 6.74. The molecule has 0 spiro atoms. The van der Waals surface area contributed by atoms with Crippen LogP contribution in [0.1, 0.15) is 31.7 Å². The Morgan fingerprint density at radius 2 is 2.47 bits per heavy atom. The van der Waals surface area contributed by atoms with Crippen LogP contribution in [0, 0.1) is 0 Å². The lowest BCUT2D eigenvalue weighted by Crippen LogP contribution is -2.47. The van der Waals surface area contributed by atoms with E-state index in [0.29, 0.717) is 6.04 Å². The quantitative estimate of drug-likeness (QED) is 0.821. The van der Waals surface area contributed by atoms with Crippen LogP contribution in [0.15, 0.2) is 18.7 Å². The summed E-state index contributed by atoms with van der Waals surface area (Å²) in [5, 5.41) is 3.10. The maximum absolute atomic E-state index is 12.0. The van der Waals surface area contributed by atoms with Gasteiger partial charge in [-0.05, 0) is 37.7 Å². The Balaban J connectivity index is 1.89. The number of hydrogen-bond donors (Lipinski definition) is 2. The van der Waals surface area contributed by atoms with E-state index in [4.69, 9.17) is 5.73 Å². The molecule has 106 valence electrons. The van der Waals surface area contributed by atoms with Crippen LogP contribution in [-0.2, 0) is 4.79 Å². The number of nitrogens with one attached hydrogen (secondary N) is 1. The number of aromatic nitrogens is 2. The van der Waals surface area contributed by atoms with Crippen LogP contribution in [0.25, 0.3) is 0 Å². The molecule has 0 aliphatic heterocycles. The summed E-state index contributed by atoms with van der Waals surface area (Å²) >= 11 is 1.72. The van der Waals surface area contributed by atoms with Crippen LogP contribution in [0.4, 0.5) is 0 Å². The third-order valence-electron chi connectivity index (χ3n) is 3.68. The van der Waals surface area contributed by atoms with Crippen LogP contribution in [0.5, 0.6) is 0 Å². The minimum atomic E-state index is -0.392. The average Bonchev–Trinajstić information content (AvgIpc) is 3.05. The number of carbonyl (C=O) groups excluding carboxylic acids is 1. The van der Waals surface area contributed by atoms with E-state index < -0.39 is 6.04 Å². The average molecular weight is 282 g/mol. The highest BCUT2D eigenvalue weighted by Crippen LogP contribution is 2.29. The number of rotatable bonds is 6. The number of hydrogen-bond acceptors (Lipinski definition) is 4. The summed E-state index contributed by atoms with van der Waals surface area (Å²) in [7, 11) is 0. The molecule has 1 aliphatic carbocycles. The van der Waals surface area contributed by atoms with Gasteiger partial charge in [0.1, 0.15) is 0 Å². The molecule has 2 unspecified atom stereocenters. The van der Waals surface area contributed by atoms with Crippen molar-refractivity contribution in [1.82, 2.24) is 14.9 Å². The van der Waals surface area contributed by atoms with E-state index >= 15 is 0 Å². The summed E-state index contributed by atoms with van der Waals surface area (Å²) in [6.45, 7) is 0. The Labute approximate surface area is 118 Å². The number of nitrogens with zero attached hydrogens (tertiary/aromatic N) is 2. The van der Waals surface area contributed by atoms with Gasteiger partial charge in [0.15, 0.2) is 0 Å². The predicted octanol–water partition coefficient (Wildman–Crippen LogP) is 1.17. The third-order valence-corrected chi connectivity index (χ3v) is 4.33. The van der Waals surface area contributed by atoms with Crippen molar-refractivity contribution in [2.24, 2.45) is 5.73 Å². The molecular formula is C13H22N4OS. The zero-order chi connectivity index (χ0) is 13.7. The summed E-state index contributed by atoms with van der Waals surface area (Å²) in [5.41, 5.74) is 5.90. The second-order valence-corrected chi connectivity index (χ2v) is 6.00. The second kappa shape index (κ2) is 6.96. The standard InChI is InChI=1S/C13H22N4OS/c1-19-8-5-10(14)13(18)16-11-3-2-4-12(11)17-7-6-15-9-17/h6-7,9-12H,2-5,8,14H2,1H3,(H,16,18)/t10-,11?,12?/m0/s1. The molecule has 5 nitrogen and oxygen atoms in total. The molecule has 1 fully saturated rings. The van der Waals surface area contributed by atoms with Gasteiger partial charge in [0, 0.05) is 18.4 Å². The lowest BCUT2D eigenvalue weighted by Gasteiger charge is -2.23. The van der Waals surface area contributed by atoms with Crippen LogP contribution in [-0.4, -0.2) is 39.6 Å². The van der Waals surface area contributed by atoms with E-state index in [1.807, 2.05) is 18.8 Å². The second-order valence-electron chi connectivity index (χ2n) is 5.01. The Kier molecular flexibility index (Phi) is 5.27. The number of imidazole rings is 1. The third kappa shape index (κ3) is 3.73. The fraction of sp³-hybridized carbons (Fsp3) is 0.692. The van der Waals surface area contributed by atoms with Gasteiger partial charge in [-0.15, -0.1) is 0 Å². The molecular weight excluding hydrogens is 260 g/mol. The summed E-state index contributed by atoms with van der Waals surface area (Å²) in [4.78, 5) is 16.1. The predicted molar refractivity (Wildman–Crippen MR) is 78.0 cm³/mol. The first kappa shape index (κ1) is 14.4. The van der Waals surface area contributed by atoms with Crippen LogP contribution in [0.3, 0.4) is 0 Å². The van der Waals surface area contributed by atoms with E-state index in [0.717, 1.165) is 31.4 Å². The van der Waals surface area contributed by atoms with Gasteiger partial charge < -0.3 is 15.6 Å². The van der Waals surface area contributed by atoms with Crippen molar-refractivity contribution in [2.75, 3.05) is 12.0 Å². The van der Waals surface area contributed by atoms with Crippen molar-refractivity contribution in [3.63, 3.8) is 0 Å². The molecule has 3 atom stereocenters. The molecule has 3 N–H and O–H groups in total. The van der Waals surface area contributed by atoms with Crippen LogP contribution < -0.4 is 11.1 Å². The van der Waals surface area contributed by atoms with Crippen LogP contribution >= 0.6 is 11.8 Å². The van der Waals surface area contributed by atoms with Crippen molar-refractivity contribution in [2.45, 2.75) is 43.8 Å². The minimum absolute atomic E-state index is 0.0222. The SMILES string of the molecule is CSCC[C@H](N)C(=O)NC1CCCC1n1ccnc1. The monoisotopic (exact) mass is 282 g/mol. The van der Waals surface area contributed by atoms with Gasteiger partial charge in [0.05, 0.1) is 18.4 Å². The summed E-state index contributed by atoms with van der Waals surface area (Å²) < 4.78 is 2.09. The smallest absolute Gasteiger partial charge is 0.237 e. The molecule has 1 aliphatic rings. The zero-order valence-electron chi connectivity index (χ0n) is 11.3. The number of nitrogens with two attached hydrogens (primary N) is 1. The topological polar surface area (TPSA) is 72.9 Å². The fourth-order valence-electron chi connectivity index (χ4n) is 2.60. The van der Waals surface area contributed by atoms with E-state index in [9.17, 15) is 4.79 Å². The summed E-state index contributed by atoms with van der Waals surface area (Å²) in [6, 6.07) is 0.109. The highest BCUT2D eigenvalue weighted by atomic mass is 32.2. The van der Waals surface area contributed by atoms with Gasteiger partial charge >= 0.3 is 0 Å². The van der Waals surface area contributed by atoms with Gasteiger partial charge in [0.2, 0.25) is 5.91 Å². The van der Waals surface area contributed by atoms with Crippen molar-refractivity contribution >= 4 is 17.7 Å². The number of amides is 1. The van der Waals surface area contributed by atoms with Gasteiger partial charge in [-0.2, -0.15) is 11.8 Å². The highest BCUT2D eigenvalue weighted by molar-refractivity contribution is 7.98. The van der Waals surface area contributed by atoms with E-state index in [1.54, 1.807) is 18.0 Å². The van der Waals surface area contributed by atoms with Crippen molar-refractivity contribution in [1.29, 1.82) is 0 Å². The molecule has 0 radical (unpaired) electrons. The molecule has 19 heavy (non-hydrogen) atoms. The van der Waals surface area contributed by atoms with Crippen LogP contribution in [0.2, 0.25) is 0 Å².